The molecule has 0 radical (unpaired) electrons. The quantitative estimate of drug-likeness (QED) is 0.910. The largest absolute Gasteiger partial charge is 0.387 e. The summed E-state index contributed by atoms with van der Waals surface area (Å²) in [5.74, 6) is 0.0949. The molecule has 19 heavy (non-hydrogen) atoms. The van der Waals surface area contributed by atoms with Crippen LogP contribution in [0.1, 0.15) is 24.6 Å². The van der Waals surface area contributed by atoms with Crippen LogP contribution in [0, 0.1) is 0 Å². The number of nitrogens with zero attached hydrogens (tertiary/aromatic N) is 1. The lowest BCUT2D eigenvalue weighted by Gasteiger charge is -2.10. The molecule has 0 aliphatic heterocycles. The van der Waals surface area contributed by atoms with Crippen LogP contribution in [0.3, 0.4) is 0 Å². The van der Waals surface area contributed by atoms with E-state index in [0.29, 0.717) is 18.5 Å². The van der Waals surface area contributed by atoms with E-state index < -0.39 is 15.9 Å². The summed E-state index contributed by atoms with van der Waals surface area (Å²) in [5.41, 5.74) is 1.43. The molecule has 0 spiro atoms. The molecule has 0 amide bonds. The first-order chi connectivity index (χ1) is 8.96. The van der Waals surface area contributed by atoms with Crippen molar-refractivity contribution in [3.8, 4) is 0 Å². The summed E-state index contributed by atoms with van der Waals surface area (Å²) in [6.07, 6.45) is 1.33. The van der Waals surface area contributed by atoms with E-state index in [2.05, 4.69) is 4.98 Å². The normalized spacial score (nSPS) is 13.6. The van der Waals surface area contributed by atoms with Crippen molar-refractivity contribution in [2.24, 2.45) is 0 Å². The van der Waals surface area contributed by atoms with Gasteiger partial charge in [-0.25, -0.2) is 8.42 Å². The van der Waals surface area contributed by atoms with Gasteiger partial charge in [-0.15, -0.1) is 0 Å². The minimum absolute atomic E-state index is 0.0949. The maximum absolute atomic E-state index is 11.0. The van der Waals surface area contributed by atoms with Crippen molar-refractivity contribution in [2.45, 2.75) is 18.9 Å². The van der Waals surface area contributed by atoms with E-state index in [1.807, 2.05) is 30.3 Å². The Labute approximate surface area is 113 Å². The number of hydrogen-bond donors (Lipinski definition) is 1. The predicted molar refractivity (Wildman–Crippen MR) is 75.6 cm³/mol. The lowest BCUT2D eigenvalue weighted by atomic mass is 10.1. The summed E-state index contributed by atoms with van der Waals surface area (Å²) in [4.78, 5) is 4.39. The number of aliphatic hydroxyl groups excluding tert-OH is 1. The minimum Gasteiger partial charge on any atom is -0.387 e. The van der Waals surface area contributed by atoms with Gasteiger partial charge in [0.25, 0.3) is 0 Å². The van der Waals surface area contributed by atoms with Crippen molar-refractivity contribution in [3.63, 3.8) is 0 Å². The van der Waals surface area contributed by atoms with E-state index in [1.54, 1.807) is 6.07 Å². The molecule has 1 N–H and O–H groups in total. The van der Waals surface area contributed by atoms with Crippen LogP contribution in [0.15, 0.2) is 36.4 Å². The van der Waals surface area contributed by atoms with Gasteiger partial charge in [-0.05, 0) is 25.0 Å². The van der Waals surface area contributed by atoms with Crippen LogP contribution in [-0.2, 0) is 9.84 Å². The molecule has 0 aliphatic rings. The Balaban J connectivity index is 2.06. The molecular formula is C14H17NO3S. The molecule has 5 heteroatoms. The highest BCUT2D eigenvalue weighted by molar-refractivity contribution is 7.90. The van der Waals surface area contributed by atoms with Gasteiger partial charge in [0.05, 0.1) is 17.3 Å². The van der Waals surface area contributed by atoms with Crippen molar-refractivity contribution in [1.82, 2.24) is 4.98 Å². The topological polar surface area (TPSA) is 67.3 Å². The number of pyridine rings is 1. The number of para-hydroxylation sites is 1. The number of rotatable bonds is 5. The number of fused-ring (bicyclic) bond motifs is 1. The van der Waals surface area contributed by atoms with Crippen molar-refractivity contribution in [1.29, 1.82) is 0 Å². The third-order valence-electron chi connectivity index (χ3n) is 2.95. The molecule has 0 saturated carbocycles. The van der Waals surface area contributed by atoms with Gasteiger partial charge in [0.1, 0.15) is 9.84 Å². The third kappa shape index (κ3) is 4.01. The molecule has 0 fully saturated rings. The molecule has 1 aromatic carbocycles. The molecule has 0 bridgehead atoms. The zero-order valence-electron chi connectivity index (χ0n) is 10.8. The summed E-state index contributed by atoms with van der Waals surface area (Å²) < 4.78 is 22.1. The van der Waals surface area contributed by atoms with Crippen LogP contribution in [0.25, 0.3) is 10.9 Å². The van der Waals surface area contributed by atoms with E-state index >= 15 is 0 Å². The number of benzene rings is 1. The standard InChI is InChI=1S/C14H17NO3S/c1-19(17,18)10-4-7-14(16)13-9-8-11-5-2-3-6-12(11)15-13/h2-3,5-6,8-9,14,16H,4,7,10H2,1H3. The van der Waals surface area contributed by atoms with Crippen LogP contribution in [0.2, 0.25) is 0 Å². The Morgan fingerprint density at radius 1 is 1.21 bits per heavy atom. The van der Waals surface area contributed by atoms with Crippen molar-refractivity contribution in [3.05, 3.63) is 42.1 Å². The smallest absolute Gasteiger partial charge is 0.147 e. The molecule has 1 aromatic heterocycles. The summed E-state index contributed by atoms with van der Waals surface area (Å²) in [6, 6.07) is 11.4. The molecular weight excluding hydrogens is 262 g/mol. The summed E-state index contributed by atoms with van der Waals surface area (Å²) >= 11 is 0. The molecule has 0 aliphatic carbocycles. The Morgan fingerprint density at radius 2 is 1.95 bits per heavy atom. The molecule has 1 heterocycles. The van der Waals surface area contributed by atoms with Crippen LogP contribution in [0.5, 0.6) is 0 Å². The number of sulfone groups is 1. The van der Waals surface area contributed by atoms with Gasteiger partial charge in [0.15, 0.2) is 0 Å². The third-order valence-corrected chi connectivity index (χ3v) is 3.98. The van der Waals surface area contributed by atoms with Gasteiger partial charge in [-0.2, -0.15) is 0 Å². The molecule has 102 valence electrons. The molecule has 2 rings (SSSR count). The average Bonchev–Trinajstić information content (AvgIpc) is 2.36. The highest BCUT2D eigenvalue weighted by Crippen LogP contribution is 2.20. The first-order valence-corrected chi connectivity index (χ1v) is 8.23. The lowest BCUT2D eigenvalue weighted by molar-refractivity contribution is 0.162. The van der Waals surface area contributed by atoms with E-state index in [-0.39, 0.29) is 5.75 Å². The molecule has 2 aromatic rings. The second-order valence-electron chi connectivity index (χ2n) is 4.72. The maximum Gasteiger partial charge on any atom is 0.147 e. The minimum atomic E-state index is -2.97. The summed E-state index contributed by atoms with van der Waals surface area (Å²) in [7, 11) is -2.97. The first kappa shape index (κ1) is 14.0. The highest BCUT2D eigenvalue weighted by Gasteiger charge is 2.11. The molecule has 1 atom stereocenters. The molecule has 0 saturated heterocycles. The monoisotopic (exact) mass is 279 g/mol. The zero-order chi connectivity index (χ0) is 13.9. The SMILES string of the molecule is CS(=O)(=O)CCCC(O)c1ccc2ccccc2n1. The van der Waals surface area contributed by atoms with Crippen LogP contribution in [-0.4, -0.2) is 30.5 Å². The fourth-order valence-corrected chi connectivity index (χ4v) is 2.65. The van der Waals surface area contributed by atoms with Gasteiger partial charge in [-0.3, -0.25) is 4.98 Å². The van der Waals surface area contributed by atoms with Crippen LogP contribution >= 0.6 is 0 Å². The van der Waals surface area contributed by atoms with Gasteiger partial charge in [0, 0.05) is 17.4 Å². The zero-order valence-corrected chi connectivity index (χ0v) is 11.6. The first-order valence-electron chi connectivity index (χ1n) is 6.17. The fourth-order valence-electron chi connectivity index (χ4n) is 1.95. The van der Waals surface area contributed by atoms with E-state index in [9.17, 15) is 13.5 Å². The van der Waals surface area contributed by atoms with Crippen molar-refractivity contribution < 1.29 is 13.5 Å². The van der Waals surface area contributed by atoms with Gasteiger partial charge in [-0.1, -0.05) is 24.3 Å². The van der Waals surface area contributed by atoms with Gasteiger partial charge in [0.2, 0.25) is 0 Å². The maximum atomic E-state index is 11.0. The number of hydrogen-bond acceptors (Lipinski definition) is 4. The molecule has 1 unspecified atom stereocenters. The Hall–Kier alpha value is -1.46. The lowest BCUT2D eigenvalue weighted by Crippen LogP contribution is -2.06. The fraction of sp³-hybridized carbons (Fsp3) is 0.357. The predicted octanol–water partition coefficient (Wildman–Crippen LogP) is 2.09. The van der Waals surface area contributed by atoms with Crippen LogP contribution in [0.4, 0.5) is 0 Å². The second kappa shape index (κ2) is 5.67. The Morgan fingerprint density at radius 3 is 2.68 bits per heavy atom. The van der Waals surface area contributed by atoms with Gasteiger partial charge < -0.3 is 5.11 Å². The second-order valence-corrected chi connectivity index (χ2v) is 6.98. The summed E-state index contributed by atoms with van der Waals surface area (Å²) in [5, 5.41) is 11.0. The van der Waals surface area contributed by atoms with E-state index in [0.717, 1.165) is 10.9 Å². The van der Waals surface area contributed by atoms with E-state index in [4.69, 9.17) is 0 Å². The Bertz CT molecular complexity index is 667. The molecule has 4 nitrogen and oxygen atoms in total. The van der Waals surface area contributed by atoms with Crippen LogP contribution < -0.4 is 0 Å². The van der Waals surface area contributed by atoms with Crippen molar-refractivity contribution in [2.75, 3.05) is 12.0 Å². The van der Waals surface area contributed by atoms with Crippen molar-refractivity contribution >= 4 is 20.7 Å². The summed E-state index contributed by atoms with van der Waals surface area (Å²) in [6.45, 7) is 0. The van der Waals surface area contributed by atoms with E-state index in [1.165, 1.54) is 6.26 Å². The average molecular weight is 279 g/mol. The number of aliphatic hydroxyl groups is 1. The highest BCUT2D eigenvalue weighted by atomic mass is 32.2. The number of aromatic nitrogens is 1. The van der Waals surface area contributed by atoms with Gasteiger partial charge >= 0.3 is 0 Å². The Kier molecular flexibility index (Phi) is 4.17.